The van der Waals surface area contributed by atoms with Gasteiger partial charge in [-0.3, -0.25) is 14.4 Å². The number of H-pyrrole nitrogens is 3. The minimum Gasteiger partial charge on any atom is -0.444 e. The number of carbonyl (C=O) groups excluding carboxylic acids is 2. The van der Waals surface area contributed by atoms with Crippen LogP contribution in [0.25, 0.3) is 66.6 Å². The van der Waals surface area contributed by atoms with Crippen LogP contribution >= 0.6 is 12.4 Å². The van der Waals surface area contributed by atoms with Crippen LogP contribution in [0.3, 0.4) is 0 Å². The molecule has 7 N–H and O–H groups in total. The molecule has 10 aromatic rings. The first-order chi connectivity index (χ1) is 36.8. The lowest BCUT2D eigenvalue weighted by Gasteiger charge is -2.19. The summed E-state index contributed by atoms with van der Waals surface area (Å²) < 4.78 is 13.8. The van der Waals surface area contributed by atoms with Gasteiger partial charge < -0.3 is 40.8 Å². The van der Waals surface area contributed by atoms with Crippen LogP contribution in [0.2, 0.25) is 0 Å². The van der Waals surface area contributed by atoms with Gasteiger partial charge in [-0.2, -0.15) is 0 Å². The lowest BCUT2D eigenvalue weighted by molar-refractivity contribution is 0.0511. The number of amides is 2. The Kier molecular flexibility index (Phi) is 27.2. The summed E-state index contributed by atoms with van der Waals surface area (Å²) in [7, 11) is 0. The molecular weight excluding hydrogens is 1080 g/mol. The van der Waals surface area contributed by atoms with E-state index >= 15 is 0 Å². The zero-order valence-electron chi connectivity index (χ0n) is 43.6. The average Bonchev–Trinajstić information content (AvgIpc) is 2.79. The summed E-state index contributed by atoms with van der Waals surface area (Å²) in [5.41, 5.74) is 13.6. The molecule has 0 radical (unpaired) electrons. The Morgan fingerprint density at radius 1 is 0.536 bits per heavy atom. The van der Waals surface area contributed by atoms with Crippen molar-refractivity contribution in [2.45, 2.75) is 117 Å². The molecule has 0 aliphatic heterocycles. The number of aromatic amines is 3. The molecule has 84 heavy (non-hydrogen) atoms. The highest BCUT2D eigenvalue weighted by molar-refractivity contribution is 5.86. The minimum absolute atomic E-state index is 0. The van der Waals surface area contributed by atoms with Gasteiger partial charge in [0.05, 0.1) is 36.9 Å². The third kappa shape index (κ3) is 19.0. The number of pyridine rings is 3. The molecule has 5 aromatic carbocycles. The SMILES string of the molecule is C.C.C.C.C.C.C#Cc1ccc2[nH]c(CNC(=O)OC(C)(C)C)cc(=O)c2c1.CC(C)(C)OC(=O)NCc1cc(=O)c2cc(-c3cn(-c4ccccc4)nn3)ccc2[nH]1.Cl.NCc1cc(=O)c2cc(-c3cn(-c4ccccc4)nn3)ccc2[nH]1. The monoisotopic (exact) mass is 1160 g/mol. The third-order valence-electron chi connectivity index (χ3n) is 11.3. The maximum Gasteiger partial charge on any atom is 0.407 e. The molecule has 0 saturated heterocycles. The highest BCUT2D eigenvalue weighted by atomic mass is 35.5. The van der Waals surface area contributed by atoms with Crippen molar-refractivity contribution in [2.24, 2.45) is 5.73 Å². The normalized spacial score (nSPS) is 10.3. The predicted octanol–water partition coefficient (Wildman–Crippen LogP) is 12.8. The highest BCUT2D eigenvalue weighted by Crippen LogP contribution is 2.23. The molecule has 2 amide bonds. The third-order valence-corrected chi connectivity index (χ3v) is 11.3. The zero-order valence-corrected chi connectivity index (χ0v) is 44.4. The van der Waals surface area contributed by atoms with E-state index in [1.54, 1.807) is 75.2 Å². The first kappa shape index (κ1) is 72.4. The van der Waals surface area contributed by atoms with E-state index in [4.69, 9.17) is 21.6 Å². The molecule has 0 unspecified atom stereocenters. The Morgan fingerprint density at radius 3 is 1.26 bits per heavy atom. The maximum absolute atomic E-state index is 12.7. The van der Waals surface area contributed by atoms with Crippen molar-refractivity contribution in [3.8, 4) is 46.2 Å². The predicted molar refractivity (Wildman–Crippen MR) is 344 cm³/mol. The summed E-state index contributed by atoms with van der Waals surface area (Å²) in [6.45, 7) is 11.4. The minimum atomic E-state index is -0.584. The first-order valence-electron chi connectivity index (χ1n) is 24.4. The van der Waals surface area contributed by atoms with Crippen LogP contribution in [0.15, 0.2) is 160 Å². The quantitative estimate of drug-likeness (QED) is 0.0737. The number of fused-ring (bicyclic) bond motifs is 3. The summed E-state index contributed by atoms with van der Waals surface area (Å²) >= 11 is 0. The Bertz CT molecular complexity index is 3980. The molecule has 5 heterocycles. The topological polar surface area (TPSA) is 263 Å². The van der Waals surface area contributed by atoms with E-state index in [2.05, 4.69) is 52.1 Å². The lowest BCUT2D eigenvalue weighted by Crippen LogP contribution is -2.32. The Balaban J connectivity index is 0.000000614. The second-order valence-corrected chi connectivity index (χ2v) is 19.6. The summed E-state index contributed by atoms with van der Waals surface area (Å²) in [6, 6.07) is 40.2. The van der Waals surface area contributed by atoms with Gasteiger partial charge in [0, 0.05) is 91.2 Å². The van der Waals surface area contributed by atoms with Gasteiger partial charge in [-0.25, -0.2) is 19.0 Å². The van der Waals surface area contributed by atoms with Crippen LogP contribution in [0, 0.1) is 12.3 Å². The number of ether oxygens (including phenoxy) is 2. The summed E-state index contributed by atoms with van der Waals surface area (Å²) in [5.74, 6) is 2.50. The standard InChI is InChI=1S/C23H23N5O3.C18H15N5O.C17H18N2O3.6CH4.ClH/c1-23(2,3)31-22(30)24-13-16-12-21(29)18-11-15(9-10-19(18)25-16)20-14-28(27-26-20)17-7-5-4-6-8-17;19-10-13-9-18(24)15-8-12(6-7-16(15)20-13)17-11-23(22-21-17)14-4-2-1-3-5-14;1-5-11-6-7-14-13(8-11)15(20)9-12(19-14)10-18-16(21)22-17(2,3)4;;;;;;;/h4-12,14H,13H2,1-3H3,(H,24,30)(H,25,29);1-9,11H,10,19H2,(H,20,24);1,6-9H,10H2,2-4H3,(H,18,21)(H,19,20);6*1H4;1H. The fraction of sp³-hybridized carbons (Fsp3) is 0.266. The molecule has 0 atom stereocenters. The van der Waals surface area contributed by atoms with Gasteiger partial charge in [-0.1, -0.05) is 109 Å². The van der Waals surface area contributed by atoms with E-state index in [9.17, 15) is 24.0 Å². The van der Waals surface area contributed by atoms with Gasteiger partial charge in [-0.05, 0) is 108 Å². The Labute approximate surface area is 497 Å². The second kappa shape index (κ2) is 31.5. The number of nitrogens with zero attached hydrogens (tertiary/aromatic N) is 6. The molecule has 0 saturated carbocycles. The molecule has 446 valence electrons. The van der Waals surface area contributed by atoms with Crippen molar-refractivity contribution in [3.63, 3.8) is 0 Å². The smallest absolute Gasteiger partial charge is 0.407 e. The molecule has 0 aliphatic carbocycles. The van der Waals surface area contributed by atoms with E-state index in [1.165, 1.54) is 18.2 Å². The van der Waals surface area contributed by atoms with Crippen molar-refractivity contribution in [1.82, 2.24) is 55.6 Å². The van der Waals surface area contributed by atoms with E-state index in [0.29, 0.717) is 62.1 Å². The van der Waals surface area contributed by atoms with Gasteiger partial charge in [0.2, 0.25) is 0 Å². The number of nitrogens with two attached hydrogens (primary N) is 1. The van der Waals surface area contributed by atoms with Crippen LogP contribution < -0.4 is 32.7 Å². The largest absolute Gasteiger partial charge is 0.444 e. The number of terminal acetylenes is 1. The van der Waals surface area contributed by atoms with Crippen molar-refractivity contribution in [2.75, 3.05) is 0 Å². The molecule has 5 aromatic heterocycles. The average molecular weight is 1170 g/mol. The lowest BCUT2D eigenvalue weighted by atomic mass is 10.1. The summed E-state index contributed by atoms with van der Waals surface area (Å²) in [5, 5.41) is 23.7. The number of hydrogen-bond acceptors (Lipinski definition) is 12. The number of para-hydroxylation sites is 2. The molecular formula is C64H81ClN12O7. The molecule has 0 bridgehead atoms. The van der Waals surface area contributed by atoms with E-state index in [0.717, 1.165) is 33.7 Å². The van der Waals surface area contributed by atoms with Crippen LogP contribution in [0.1, 0.15) is 109 Å². The number of halogens is 1. The number of nitrogens with one attached hydrogen (secondary N) is 5. The van der Waals surface area contributed by atoms with Gasteiger partial charge in [0.15, 0.2) is 16.3 Å². The van der Waals surface area contributed by atoms with Gasteiger partial charge in [0.25, 0.3) is 0 Å². The highest BCUT2D eigenvalue weighted by Gasteiger charge is 2.18. The van der Waals surface area contributed by atoms with Crippen molar-refractivity contribution in [3.05, 3.63) is 199 Å². The molecule has 0 aliphatic rings. The molecule has 0 spiro atoms. The maximum atomic E-state index is 12.7. The molecule has 0 fully saturated rings. The fourth-order valence-corrected chi connectivity index (χ4v) is 7.78. The van der Waals surface area contributed by atoms with Crippen molar-refractivity contribution >= 4 is 57.3 Å². The van der Waals surface area contributed by atoms with Crippen molar-refractivity contribution in [1.29, 1.82) is 0 Å². The van der Waals surface area contributed by atoms with E-state index in [1.807, 2.05) is 103 Å². The van der Waals surface area contributed by atoms with Crippen LogP contribution in [-0.2, 0) is 29.1 Å². The molecule has 10 rings (SSSR count). The number of alkyl carbamates (subject to hydrolysis) is 2. The Hall–Kier alpha value is -9.64. The Morgan fingerprint density at radius 2 is 0.893 bits per heavy atom. The first-order valence-corrected chi connectivity index (χ1v) is 24.4. The molecule has 19 nitrogen and oxygen atoms in total. The fourth-order valence-electron chi connectivity index (χ4n) is 7.78. The van der Waals surface area contributed by atoms with Crippen molar-refractivity contribution < 1.29 is 19.1 Å². The van der Waals surface area contributed by atoms with Crippen LogP contribution in [-0.4, -0.2) is 68.3 Å². The van der Waals surface area contributed by atoms with Gasteiger partial charge in [0.1, 0.15) is 22.6 Å². The number of carbonyl (C=O) groups is 2. The second-order valence-electron chi connectivity index (χ2n) is 19.6. The van der Waals surface area contributed by atoms with Crippen LogP contribution in [0.5, 0.6) is 0 Å². The van der Waals surface area contributed by atoms with E-state index < -0.39 is 23.4 Å². The number of benzene rings is 5. The van der Waals surface area contributed by atoms with Crippen LogP contribution in [0.4, 0.5) is 9.59 Å². The number of rotatable bonds is 9. The van der Waals surface area contributed by atoms with E-state index in [-0.39, 0.29) is 86.3 Å². The van der Waals surface area contributed by atoms with Gasteiger partial charge in [-0.15, -0.1) is 29.0 Å². The summed E-state index contributed by atoms with van der Waals surface area (Å²) in [6.07, 6.45) is 7.93. The summed E-state index contributed by atoms with van der Waals surface area (Å²) in [4.78, 5) is 69.9. The number of aromatic nitrogens is 9. The molecule has 20 heteroatoms. The number of hydrogen-bond donors (Lipinski definition) is 6. The van der Waals surface area contributed by atoms with Gasteiger partial charge >= 0.3 is 12.2 Å². The zero-order chi connectivity index (χ0) is 54.9.